The van der Waals surface area contributed by atoms with Crippen LogP contribution in [0.15, 0.2) is 18.2 Å². The van der Waals surface area contributed by atoms with Gasteiger partial charge in [0.05, 0.1) is 10.5 Å². The third-order valence-corrected chi connectivity index (χ3v) is 2.43. The Morgan fingerprint density at radius 3 is 2.76 bits per heavy atom. The predicted octanol–water partition coefficient (Wildman–Crippen LogP) is 1.63. The van der Waals surface area contributed by atoms with Crippen LogP contribution < -0.4 is 5.73 Å². The van der Waals surface area contributed by atoms with Crippen molar-refractivity contribution in [3.8, 4) is 11.4 Å². The van der Waals surface area contributed by atoms with Gasteiger partial charge in [0.2, 0.25) is 5.95 Å². The van der Waals surface area contributed by atoms with E-state index in [9.17, 15) is 10.1 Å². The van der Waals surface area contributed by atoms with Gasteiger partial charge in [-0.1, -0.05) is 11.6 Å². The van der Waals surface area contributed by atoms with Gasteiger partial charge < -0.3 is 5.73 Å². The van der Waals surface area contributed by atoms with Crippen LogP contribution in [0.3, 0.4) is 0 Å². The lowest BCUT2D eigenvalue weighted by Gasteiger charge is -1.98. The number of hydrogen-bond donors (Lipinski definition) is 1. The number of rotatable bonds is 2. The molecule has 0 amide bonds. The molecular weight excluding hydrogens is 246 g/mol. The molecule has 2 N–H and O–H groups in total. The molecule has 0 atom stereocenters. The SMILES string of the molecule is Cn1nc(-c2ccc(Cl)cc2[N+](=O)[O-])nc1N. The van der Waals surface area contributed by atoms with Crippen molar-refractivity contribution < 1.29 is 4.92 Å². The van der Waals surface area contributed by atoms with Crippen molar-refractivity contribution in [1.29, 1.82) is 0 Å². The molecule has 2 rings (SSSR count). The highest BCUT2D eigenvalue weighted by molar-refractivity contribution is 6.30. The maximum absolute atomic E-state index is 10.9. The van der Waals surface area contributed by atoms with Crippen LogP contribution in [0.25, 0.3) is 11.4 Å². The standard InChI is InChI=1S/C9H8ClN5O2/c1-14-9(11)12-8(13-14)6-3-2-5(10)4-7(6)15(16)17/h2-4H,1H3,(H2,11,12,13). The molecule has 0 saturated heterocycles. The van der Waals surface area contributed by atoms with Gasteiger partial charge in [0.1, 0.15) is 0 Å². The first-order chi connectivity index (χ1) is 7.99. The first-order valence-corrected chi connectivity index (χ1v) is 4.97. The van der Waals surface area contributed by atoms with E-state index in [0.29, 0.717) is 0 Å². The minimum Gasteiger partial charge on any atom is -0.368 e. The zero-order chi connectivity index (χ0) is 12.6. The minimum atomic E-state index is -0.534. The number of aryl methyl sites for hydroxylation is 1. The number of hydrogen-bond acceptors (Lipinski definition) is 5. The zero-order valence-corrected chi connectivity index (χ0v) is 9.55. The maximum atomic E-state index is 10.9. The van der Waals surface area contributed by atoms with Gasteiger partial charge in [-0.2, -0.15) is 4.98 Å². The van der Waals surface area contributed by atoms with Gasteiger partial charge in [0.25, 0.3) is 5.69 Å². The number of nitro benzene ring substituents is 1. The summed E-state index contributed by atoms with van der Waals surface area (Å²) < 4.78 is 1.34. The fraction of sp³-hybridized carbons (Fsp3) is 0.111. The Hall–Kier alpha value is -2.15. The average molecular weight is 254 g/mol. The Morgan fingerprint density at radius 2 is 2.24 bits per heavy atom. The van der Waals surface area contributed by atoms with E-state index in [2.05, 4.69) is 10.1 Å². The van der Waals surface area contributed by atoms with E-state index in [0.717, 1.165) is 0 Å². The largest absolute Gasteiger partial charge is 0.368 e. The van der Waals surface area contributed by atoms with E-state index in [-0.39, 0.29) is 28.0 Å². The second-order valence-corrected chi connectivity index (χ2v) is 3.77. The highest BCUT2D eigenvalue weighted by atomic mass is 35.5. The van der Waals surface area contributed by atoms with Crippen molar-refractivity contribution in [3.05, 3.63) is 33.3 Å². The van der Waals surface area contributed by atoms with Crippen molar-refractivity contribution in [2.75, 3.05) is 5.73 Å². The second kappa shape index (κ2) is 4.02. The predicted molar refractivity (Wildman–Crippen MR) is 62.5 cm³/mol. The first kappa shape index (κ1) is 11.3. The summed E-state index contributed by atoms with van der Waals surface area (Å²) in [6.07, 6.45) is 0. The molecule has 7 nitrogen and oxygen atoms in total. The lowest BCUT2D eigenvalue weighted by molar-refractivity contribution is -0.384. The van der Waals surface area contributed by atoms with Gasteiger partial charge in [-0.05, 0) is 12.1 Å². The molecular formula is C9H8ClN5O2. The fourth-order valence-corrected chi connectivity index (χ4v) is 1.52. The summed E-state index contributed by atoms with van der Waals surface area (Å²) in [7, 11) is 1.60. The second-order valence-electron chi connectivity index (χ2n) is 3.34. The Labute approximate surface area is 101 Å². The third kappa shape index (κ3) is 2.04. The lowest BCUT2D eigenvalue weighted by atomic mass is 10.2. The molecule has 0 saturated carbocycles. The van der Waals surface area contributed by atoms with Gasteiger partial charge >= 0.3 is 0 Å². The van der Waals surface area contributed by atoms with Crippen LogP contribution in [-0.2, 0) is 7.05 Å². The molecule has 0 spiro atoms. The Kier molecular flexibility index (Phi) is 2.68. The monoisotopic (exact) mass is 253 g/mol. The molecule has 0 aliphatic heterocycles. The number of nitrogen functional groups attached to an aromatic ring is 1. The molecule has 17 heavy (non-hydrogen) atoms. The van der Waals surface area contributed by atoms with Gasteiger partial charge in [0, 0.05) is 18.1 Å². The summed E-state index contributed by atoms with van der Waals surface area (Å²) in [5.74, 6) is 0.387. The van der Waals surface area contributed by atoms with E-state index < -0.39 is 4.92 Å². The summed E-state index contributed by atoms with van der Waals surface area (Å²) in [5, 5.41) is 15.2. The summed E-state index contributed by atoms with van der Waals surface area (Å²) in [5.41, 5.74) is 5.66. The van der Waals surface area contributed by atoms with E-state index in [1.807, 2.05) is 0 Å². The summed E-state index contributed by atoms with van der Waals surface area (Å²) >= 11 is 5.71. The van der Waals surface area contributed by atoms with Crippen LogP contribution in [0.1, 0.15) is 0 Å². The van der Waals surface area contributed by atoms with Crippen molar-refractivity contribution in [1.82, 2.24) is 14.8 Å². The Bertz CT molecular complexity index is 576. The summed E-state index contributed by atoms with van der Waals surface area (Å²) in [6.45, 7) is 0. The quantitative estimate of drug-likeness (QED) is 0.647. The van der Waals surface area contributed by atoms with Gasteiger partial charge in [-0.15, -0.1) is 5.10 Å². The van der Waals surface area contributed by atoms with Crippen molar-refractivity contribution >= 4 is 23.2 Å². The van der Waals surface area contributed by atoms with Crippen LogP contribution in [0, 0.1) is 10.1 Å². The Balaban J connectivity index is 2.62. The maximum Gasteiger partial charge on any atom is 0.281 e. The van der Waals surface area contributed by atoms with E-state index in [1.165, 1.54) is 22.9 Å². The fourth-order valence-electron chi connectivity index (χ4n) is 1.36. The average Bonchev–Trinajstić information content (AvgIpc) is 2.59. The molecule has 1 aromatic heterocycles. The number of anilines is 1. The summed E-state index contributed by atoms with van der Waals surface area (Å²) in [4.78, 5) is 14.3. The highest BCUT2D eigenvalue weighted by Gasteiger charge is 2.19. The molecule has 0 radical (unpaired) electrons. The third-order valence-electron chi connectivity index (χ3n) is 2.19. The first-order valence-electron chi connectivity index (χ1n) is 4.60. The Morgan fingerprint density at radius 1 is 1.53 bits per heavy atom. The molecule has 0 unspecified atom stereocenters. The van der Waals surface area contributed by atoms with Crippen LogP contribution >= 0.6 is 11.6 Å². The van der Waals surface area contributed by atoms with Gasteiger partial charge in [-0.25, -0.2) is 4.68 Å². The topological polar surface area (TPSA) is 99.9 Å². The molecule has 0 bridgehead atoms. The number of halogens is 1. The molecule has 2 aromatic rings. The number of nitro groups is 1. The highest BCUT2D eigenvalue weighted by Crippen LogP contribution is 2.30. The van der Waals surface area contributed by atoms with Crippen LogP contribution in [0.5, 0.6) is 0 Å². The lowest BCUT2D eigenvalue weighted by Crippen LogP contribution is -1.97. The molecule has 0 aliphatic carbocycles. The number of benzene rings is 1. The normalized spacial score (nSPS) is 10.5. The minimum absolute atomic E-state index is 0.150. The van der Waals surface area contributed by atoms with Crippen LogP contribution in [0.4, 0.5) is 11.6 Å². The number of aromatic nitrogens is 3. The van der Waals surface area contributed by atoms with Crippen molar-refractivity contribution in [3.63, 3.8) is 0 Å². The molecule has 8 heteroatoms. The zero-order valence-electron chi connectivity index (χ0n) is 8.79. The van der Waals surface area contributed by atoms with Crippen LogP contribution in [0.2, 0.25) is 5.02 Å². The van der Waals surface area contributed by atoms with Crippen LogP contribution in [-0.4, -0.2) is 19.7 Å². The van der Waals surface area contributed by atoms with E-state index in [4.69, 9.17) is 17.3 Å². The summed E-state index contributed by atoms with van der Waals surface area (Å²) in [6, 6.07) is 4.29. The van der Waals surface area contributed by atoms with E-state index >= 15 is 0 Å². The molecule has 0 aliphatic rings. The number of nitrogens with two attached hydrogens (primary N) is 1. The molecule has 1 aromatic carbocycles. The van der Waals surface area contributed by atoms with Gasteiger partial charge in [-0.3, -0.25) is 10.1 Å². The van der Waals surface area contributed by atoms with Crippen molar-refractivity contribution in [2.45, 2.75) is 0 Å². The van der Waals surface area contributed by atoms with E-state index in [1.54, 1.807) is 7.05 Å². The molecule has 0 fully saturated rings. The smallest absolute Gasteiger partial charge is 0.281 e. The van der Waals surface area contributed by atoms with Gasteiger partial charge in [0.15, 0.2) is 5.82 Å². The molecule has 1 heterocycles. The molecule has 88 valence electrons. The number of nitrogens with zero attached hydrogens (tertiary/aromatic N) is 4. The van der Waals surface area contributed by atoms with Crippen molar-refractivity contribution in [2.24, 2.45) is 7.05 Å².